The molecule has 0 unspecified atom stereocenters. The van der Waals surface area contributed by atoms with Gasteiger partial charge in [-0.15, -0.1) is 0 Å². The first-order valence-electron chi connectivity index (χ1n) is 10.5. The predicted molar refractivity (Wildman–Crippen MR) is 126 cm³/mol. The summed E-state index contributed by atoms with van der Waals surface area (Å²) in [6, 6.07) is 17.5. The molecule has 0 amide bonds. The van der Waals surface area contributed by atoms with Crippen LogP contribution in [0.3, 0.4) is 0 Å². The molecule has 0 aliphatic rings. The lowest BCUT2D eigenvalue weighted by molar-refractivity contribution is -0.136. The summed E-state index contributed by atoms with van der Waals surface area (Å²) in [6.07, 6.45) is 7.59. The lowest BCUT2D eigenvalue weighted by atomic mass is 10.1. The zero-order valence-electron chi connectivity index (χ0n) is 18.2. The summed E-state index contributed by atoms with van der Waals surface area (Å²) in [5.74, 6) is -0.944. The van der Waals surface area contributed by atoms with E-state index >= 15 is 0 Å². The maximum Gasteiger partial charge on any atom is 0.307 e. The Bertz CT molecular complexity index is 1360. The highest BCUT2D eigenvalue weighted by atomic mass is 32.2. The van der Waals surface area contributed by atoms with Crippen LogP contribution in [-0.4, -0.2) is 38.8 Å². The third kappa shape index (κ3) is 5.69. The summed E-state index contributed by atoms with van der Waals surface area (Å²) < 4.78 is 28.3. The molecule has 8 nitrogen and oxygen atoms in total. The van der Waals surface area contributed by atoms with E-state index < -0.39 is 16.0 Å². The number of hydrogen-bond donors (Lipinski definition) is 1. The summed E-state index contributed by atoms with van der Waals surface area (Å²) >= 11 is 0. The van der Waals surface area contributed by atoms with Crippen LogP contribution in [0.25, 0.3) is 11.3 Å². The summed E-state index contributed by atoms with van der Waals surface area (Å²) in [4.78, 5) is 23.5. The van der Waals surface area contributed by atoms with E-state index in [9.17, 15) is 13.2 Å². The van der Waals surface area contributed by atoms with Crippen molar-refractivity contribution >= 4 is 16.0 Å². The quantitative estimate of drug-likeness (QED) is 0.395. The van der Waals surface area contributed by atoms with Gasteiger partial charge in [-0.25, -0.2) is 8.42 Å². The molecule has 0 bridgehead atoms. The number of rotatable bonds is 9. The van der Waals surface area contributed by atoms with E-state index in [1.165, 1.54) is 22.8 Å². The maximum atomic E-state index is 13.5. The minimum atomic E-state index is -3.86. The smallest absolute Gasteiger partial charge is 0.307 e. The highest BCUT2D eigenvalue weighted by Gasteiger charge is 2.25. The van der Waals surface area contributed by atoms with E-state index in [1.807, 2.05) is 24.3 Å². The van der Waals surface area contributed by atoms with Crippen molar-refractivity contribution in [3.05, 3.63) is 108 Å². The highest BCUT2D eigenvalue weighted by molar-refractivity contribution is 7.89. The van der Waals surface area contributed by atoms with Crippen LogP contribution in [0, 0.1) is 0 Å². The normalized spacial score (nSPS) is 11.4. The summed E-state index contributed by atoms with van der Waals surface area (Å²) in [7, 11) is -3.86. The maximum absolute atomic E-state index is 13.5. The van der Waals surface area contributed by atoms with Gasteiger partial charge in [-0.3, -0.25) is 19.7 Å². The van der Waals surface area contributed by atoms with Crippen molar-refractivity contribution in [2.45, 2.75) is 24.4 Å². The van der Waals surface area contributed by atoms with E-state index in [0.717, 1.165) is 16.8 Å². The number of sulfonamides is 1. The number of carbonyl (C=O) groups is 1. The van der Waals surface area contributed by atoms with E-state index in [1.54, 1.807) is 48.9 Å². The zero-order chi connectivity index (χ0) is 24.0. The van der Waals surface area contributed by atoms with E-state index in [0.29, 0.717) is 11.1 Å². The second kappa shape index (κ2) is 10.3. The van der Waals surface area contributed by atoms with Gasteiger partial charge in [0, 0.05) is 43.4 Å². The minimum absolute atomic E-state index is 0.0800. The predicted octanol–water partition coefficient (Wildman–Crippen LogP) is 3.56. The van der Waals surface area contributed by atoms with Gasteiger partial charge < -0.3 is 5.11 Å². The second-order valence-corrected chi connectivity index (χ2v) is 9.58. The van der Waals surface area contributed by atoms with Crippen molar-refractivity contribution < 1.29 is 18.3 Å². The Balaban J connectivity index is 1.64. The van der Waals surface area contributed by atoms with Gasteiger partial charge in [0.2, 0.25) is 10.0 Å². The fraction of sp³-hybridized carbons (Fsp3) is 0.120. The van der Waals surface area contributed by atoms with Gasteiger partial charge in [0.15, 0.2) is 0 Å². The molecule has 172 valence electrons. The molecule has 0 radical (unpaired) electrons. The second-order valence-electron chi connectivity index (χ2n) is 7.64. The Labute approximate surface area is 197 Å². The molecule has 0 aliphatic heterocycles. The lowest BCUT2D eigenvalue weighted by Crippen LogP contribution is -2.30. The molecule has 0 fully saturated rings. The number of hydrogen-bond acceptors (Lipinski definition) is 6. The number of benzene rings is 2. The van der Waals surface area contributed by atoms with Crippen LogP contribution >= 0.6 is 0 Å². The SMILES string of the molecule is O=C(O)Cc1cccc(CN(Cc2ccc(-c3cnccn3)cc2)S(=O)(=O)c2cccnc2)c1. The first kappa shape index (κ1) is 23.2. The van der Waals surface area contributed by atoms with Crippen LogP contribution in [-0.2, 0) is 34.3 Å². The Morgan fingerprint density at radius 3 is 2.24 bits per heavy atom. The Morgan fingerprint density at radius 1 is 0.824 bits per heavy atom. The van der Waals surface area contributed by atoms with Crippen LogP contribution in [0.4, 0.5) is 0 Å². The van der Waals surface area contributed by atoms with E-state index in [2.05, 4.69) is 15.0 Å². The molecule has 2 aromatic carbocycles. The van der Waals surface area contributed by atoms with Crippen LogP contribution in [0.1, 0.15) is 16.7 Å². The van der Waals surface area contributed by atoms with Gasteiger partial charge in [0.25, 0.3) is 0 Å². The molecule has 4 aromatic rings. The Kier molecular flexibility index (Phi) is 7.05. The molecular formula is C25H22N4O4S. The van der Waals surface area contributed by atoms with Gasteiger partial charge in [-0.05, 0) is 28.8 Å². The van der Waals surface area contributed by atoms with Crippen LogP contribution in [0.5, 0.6) is 0 Å². The molecule has 0 saturated heterocycles. The summed E-state index contributed by atoms with van der Waals surface area (Å²) in [6.45, 7) is 0.206. The van der Waals surface area contributed by atoms with Crippen molar-refractivity contribution in [2.24, 2.45) is 0 Å². The average molecular weight is 475 g/mol. The van der Waals surface area contributed by atoms with Crippen molar-refractivity contribution in [1.29, 1.82) is 0 Å². The molecular weight excluding hydrogens is 452 g/mol. The third-order valence-corrected chi connectivity index (χ3v) is 6.92. The molecule has 0 atom stereocenters. The number of carboxylic acids is 1. The van der Waals surface area contributed by atoms with Crippen molar-refractivity contribution in [3.8, 4) is 11.3 Å². The molecule has 9 heteroatoms. The van der Waals surface area contributed by atoms with Gasteiger partial charge >= 0.3 is 5.97 Å². The fourth-order valence-corrected chi connectivity index (χ4v) is 4.90. The number of aliphatic carboxylic acids is 1. The van der Waals surface area contributed by atoms with E-state index in [-0.39, 0.29) is 24.4 Å². The van der Waals surface area contributed by atoms with Crippen LogP contribution in [0.15, 0.2) is 96.5 Å². The first-order chi connectivity index (χ1) is 16.4. The van der Waals surface area contributed by atoms with Crippen molar-refractivity contribution in [3.63, 3.8) is 0 Å². The Morgan fingerprint density at radius 2 is 1.56 bits per heavy atom. The minimum Gasteiger partial charge on any atom is -0.481 e. The zero-order valence-corrected chi connectivity index (χ0v) is 19.0. The average Bonchev–Trinajstić information content (AvgIpc) is 2.85. The van der Waals surface area contributed by atoms with Gasteiger partial charge in [0.1, 0.15) is 4.90 Å². The van der Waals surface area contributed by atoms with Crippen LogP contribution < -0.4 is 0 Å². The molecule has 1 N–H and O–H groups in total. The fourth-order valence-electron chi connectivity index (χ4n) is 3.52. The number of carboxylic acid groups (broad SMARTS) is 1. The molecule has 4 rings (SSSR count). The standard InChI is InChI=1S/C25H22N4O4S/c30-25(31)14-20-3-1-4-21(13-20)18-29(34(32,33)23-5-2-10-26-15-23)17-19-6-8-22(9-7-19)24-16-27-11-12-28-24/h1-13,15-16H,14,17-18H2,(H,30,31). The van der Waals surface area contributed by atoms with Gasteiger partial charge in [-0.2, -0.15) is 4.31 Å². The summed E-state index contributed by atoms with van der Waals surface area (Å²) in [5, 5.41) is 9.10. The Hall–Kier alpha value is -3.95. The largest absolute Gasteiger partial charge is 0.481 e. The molecule has 2 aromatic heterocycles. The topological polar surface area (TPSA) is 113 Å². The van der Waals surface area contributed by atoms with Crippen LogP contribution in [0.2, 0.25) is 0 Å². The molecule has 0 saturated carbocycles. The molecule has 0 aliphatic carbocycles. The number of pyridine rings is 1. The molecule has 34 heavy (non-hydrogen) atoms. The first-order valence-corrected chi connectivity index (χ1v) is 11.9. The van der Waals surface area contributed by atoms with Crippen molar-refractivity contribution in [2.75, 3.05) is 0 Å². The lowest BCUT2D eigenvalue weighted by Gasteiger charge is -2.23. The third-order valence-electron chi connectivity index (χ3n) is 5.15. The van der Waals surface area contributed by atoms with E-state index in [4.69, 9.17) is 5.11 Å². The number of nitrogens with zero attached hydrogens (tertiary/aromatic N) is 4. The molecule has 2 heterocycles. The monoisotopic (exact) mass is 474 g/mol. The van der Waals surface area contributed by atoms with Crippen molar-refractivity contribution in [1.82, 2.24) is 19.3 Å². The number of aromatic nitrogens is 3. The molecule has 0 spiro atoms. The van der Waals surface area contributed by atoms with Gasteiger partial charge in [0.05, 0.1) is 18.3 Å². The highest BCUT2D eigenvalue weighted by Crippen LogP contribution is 2.23. The summed E-state index contributed by atoms with van der Waals surface area (Å²) in [5.41, 5.74) is 3.70. The van der Waals surface area contributed by atoms with Gasteiger partial charge in [-0.1, -0.05) is 48.5 Å².